The summed E-state index contributed by atoms with van der Waals surface area (Å²) in [7, 11) is 0. The number of amides is 2. The molecule has 0 aliphatic carbocycles. The van der Waals surface area contributed by atoms with Crippen molar-refractivity contribution in [1.29, 1.82) is 0 Å². The number of ether oxygens (including phenoxy) is 1. The molecule has 10 nitrogen and oxygen atoms in total. The standard InChI is InChI=1S/C23H18N4O6S/c1-14-4-6-15(7-5-14)20-22(26-21(29)18-3-2-12-32-18)34-23(25-20)24-19(28)13-33-17-10-8-16(9-11-17)27(30)31/h2-12H,13H2,1H3,(H,26,29)(H,24,25,28). The molecular formula is C23H18N4O6S. The normalized spacial score (nSPS) is 10.5. The molecule has 4 rings (SSSR count). The number of nitrogens with one attached hydrogen (secondary N) is 2. The molecule has 2 heterocycles. The molecule has 0 saturated heterocycles. The van der Waals surface area contributed by atoms with Crippen LogP contribution in [0.1, 0.15) is 16.1 Å². The summed E-state index contributed by atoms with van der Waals surface area (Å²) in [5, 5.41) is 16.9. The second kappa shape index (κ2) is 9.96. The maximum Gasteiger partial charge on any atom is 0.292 e. The third-order valence-electron chi connectivity index (χ3n) is 4.59. The average Bonchev–Trinajstić information content (AvgIpc) is 3.49. The molecule has 0 unspecified atom stereocenters. The minimum absolute atomic E-state index is 0.0765. The van der Waals surface area contributed by atoms with Gasteiger partial charge < -0.3 is 14.5 Å². The van der Waals surface area contributed by atoms with Gasteiger partial charge in [0.25, 0.3) is 17.5 Å². The van der Waals surface area contributed by atoms with Crippen molar-refractivity contribution >= 4 is 39.0 Å². The third-order valence-corrected chi connectivity index (χ3v) is 5.47. The van der Waals surface area contributed by atoms with Gasteiger partial charge in [0.2, 0.25) is 0 Å². The van der Waals surface area contributed by atoms with Gasteiger partial charge in [0.05, 0.1) is 11.2 Å². The van der Waals surface area contributed by atoms with E-state index in [9.17, 15) is 19.7 Å². The Balaban J connectivity index is 1.48. The number of aromatic nitrogens is 1. The van der Waals surface area contributed by atoms with Crippen molar-refractivity contribution in [3.05, 3.63) is 88.4 Å². The largest absolute Gasteiger partial charge is 0.484 e. The van der Waals surface area contributed by atoms with Gasteiger partial charge in [0.1, 0.15) is 16.4 Å². The number of carbonyl (C=O) groups is 2. The van der Waals surface area contributed by atoms with E-state index in [1.165, 1.54) is 30.5 Å². The number of hydrogen-bond donors (Lipinski definition) is 2. The Morgan fingerprint density at radius 3 is 2.47 bits per heavy atom. The molecular weight excluding hydrogens is 460 g/mol. The Kier molecular flexibility index (Phi) is 6.64. The van der Waals surface area contributed by atoms with Crippen LogP contribution in [0.15, 0.2) is 71.3 Å². The van der Waals surface area contributed by atoms with Crippen LogP contribution in [0.3, 0.4) is 0 Å². The quantitative estimate of drug-likeness (QED) is 0.272. The van der Waals surface area contributed by atoms with Crippen LogP contribution in [0.2, 0.25) is 0 Å². The van der Waals surface area contributed by atoms with Crippen LogP contribution in [0, 0.1) is 17.0 Å². The van der Waals surface area contributed by atoms with E-state index in [0.717, 1.165) is 22.5 Å². The fourth-order valence-electron chi connectivity index (χ4n) is 2.91. The van der Waals surface area contributed by atoms with E-state index >= 15 is 0 Å². The maximum absolute atomic E-state index is 12.5. The van der Waals surface area contributed by atoms with Crippen molar-refractivity contribution in [3.63, 3.8) is 0 Å². The zero-order chi connectivity index (χ0) is 24.1. The second-order valence-corrected chi connectivity index (χ2v) is 8.08. The number of anilines is 2. The van der Waals surface area contributed by atoms with Crippen molar-refractivity contribution in [3.8, 4) is 17.0 Å². The van der Waals surface area contributed by atoms with Crippen molar-refractivity contribution in [2.75, 3.05) is 17.2 Å². The first-order valence-electron chi connectivity index (χ1n) is 9.99. The number of non-ortho nitro benzene ring substituents is 1. The summed E-state index contributed by atoms with van der Waals surface area (Å²) < 4.78 is 10.5. The Labute approximate surface area is 197 Å². The minimum Gasteiger partial charge on any atom is -0.484 e. The van der Waals surface area contributed by atoms with E-state index in [2.05, 4.69) is 15.6 Å². The molecule has 0 fully saturated rings. The zero-order valence-corrected chi connectivity index (χ0v) is 18.6. The molecule has 2 aromatic carbocycles. The lowest BCUT2D eigenvalue weighted by atomic mass is 10.1. The van der Waals surface area contributed by atoms with E-state index in [1.807, 2.05) is 31.2 Å². The summed E-state index contributed by atoms with van der Waals surface area (Å²) in [5.74, 6) is -0.468. The summed E-state index contributed by atoms with van der Waals surface area (Å²) in [6.07, 6.45) is 1.40. The average molecular weight is 478 g/mol. The predicted molar refractivity (Wildman–Crippen MR) is 126 cm³/mol. The number of hydrogen-bond acceptors (Lipinski definition) is 8. The molecule has 0 atom stereocenters. The van der Waals surface area contributed by atoms with E-state index in [4.69, 9.17) is 9.15 Å². The van der Waals surface area contributed by atoms with Gasteiger partial charge >= 0.3 is 0 Å². The van der Waals surface area contributed by atoms with Gasteiger partial charge in [0.15, 0.2) is 17.5 Å². The predicted octanol–water partition coefficient (Wildman–Crippen LogP) is 4.89. The van der Waals surface area contributed by atoms with Crippen LogP contribution in [-0.4, -0.2) is 28.3 Å². The van der Waals surface area contributed by atoms with Crippen molar-refractivity contribution < 1.29 is 23.7 Å². The van der Waals surface area contributed by atoms with E-state index in [1.54, 1.807) is 12.1 Å². The van der Waals surface area contributed by atoms with Gasteiger partial charge in [-0.1, -0.05) is 41.2 Å². The molecule has 0 spiro atoms. The number of nitrogens with zero attached hydrogens (tertiary/aromatic N) is 2. The van der Waals surface area contributed by atoms with Gasteiger partial charge in [-0.2, -0.15) is 0 Å². The Hall–Kier alpha value is -4.51. The highest BCUT2D eigenvalue weighted by Crippen LogP contribution is 2.36. The fraction of sp³-hybridized carbons (Fsp3) is 0.0870. The summed E-state index contributed by atoms with van der Waals surface area (Å²) in [6, 6.07) is 16.1. The highest BCUT2D eigenvalue weighted by molar-refractivity contribution is 7.20. The van der Waals surface area contributed by atoms with E-state index < -0.39 is 16.7 Å². The zero-order valence-electron chi connectivity index (χ0n) is 17.8. The Morgan fingerprint density at radius 1 is 1.09 bits per heavy atom. The molecule has 11 heteroatoms. The molecule has 0 aliphatic rings. The SMILES string of the molecule is Cc1ccc(-c2nc(NC(=O)COc3ccc([N+](=O)[O-])cc3)sc2NC(=O)c2ccco2)cc1. The molecule has 0 saturated carbocycles. The highest BCUT2D eigenvalue weighted by atomic mass is 32.1. The topological polar surface area (TPSA) is 137 Å². The van der Waals surface area contributed by atoms with Crippen LogP contribution in [0.5, 0.6) is 5.75 Å². The maximum atomic E-state index is 12.5. The summed E-state index contributed by atoms with van der Waals surface area (Å²) in [4.78, 5) is 39.6. The Morgan fingerprint density at radius 2 is 1.82 bits per heavy atom. The number of carbonyl (C=O) groups excluding carboxylic acids is 2. The summed E-state index contributed by atoms with van der Waals surface area (Å²) >= 11 is 1.09. The number of aryl methyl sites for hydroxylation is 1. The highest BCUT2D eigenvalue weighted by Gasteiger charge is 2.19. The number of rotatable bonds is 8. The van der Waals surface area contributed by atoms with Gasteiger partial charge in [-0.15, -0.1) is 0 Å². The van der Waals surface area contributed by atoms with Gasteiger partial charge in [-0.3, -0.25) is 25.0 Å². The van der Waals surface area contributed by atoms with E-state index in [-0.39, 0.29) is 23.2 Å². The first-order valence-corrected chi connectivity index (χ1v) is 10.8. The molecule has 2 aromatic heterocycles. The molecule has 172 valence electrons. The van der Waals surface area contributed by atoms with Crippen LogP contribution in [0.4, 0.5) is 15.8 Å². The summed E-state index contributed by atoms with van der Waals surface area (Å²) in [6.45, 7) is 1.63. The van der Waals surface area contributed by atoms with Gasteiger partial charge in [-0.25, -0.2) is 4.98 Å². The fourth-order valence-corrected chi connectivity index (χ4v) is 3.81. The van der Waals surface area contributed by atoms with Gasteiger partial charge in [0, 0.05) is 17.7 Å². The van der Waals surface area contributed by atoms with Crippen molar-refractivity contribution in [2.45, 2.75) is 6.92 Å². The van der Waals surface area contributed by atoms with Crippen LogP contribution < -0.4 is 15.4 Å². The third kappa shape index (κ3) is 5.45. The first kappa shape index (κ1) is 22.7. The monoisotopic (exact) mass is 478 g/mol. The Bertz CT molecular complexity index is 1310. The van der Waals surface area contributed by atoms with Gasteiger partial charge in [-0.05, 0) is 31.2 Å². The van der Waals surface area contributed by atoms with Crippen LogP contribution in [0.25, 0.3) is 11.3 Å². The molecule has 0 bridgehead atoms. The summed E-state index contributed by atoms with van der Waals surface area (Å²) in [5.41, 5.74) is 2.25. The number of furan rings is 1. The van der Waals surface area contributed by atoms with E-state index in [0.29, 0.717) is 16.4 Å². The second-order valence-electron chi connectivity index (χ2n) is 7.08. The molecule has 2 N–H and O–H groups in total. The smallest absolute Gasteiger partial charge is 0.292 e. The van der Waals surface area contributed by atoms with Crippen LogP contribution >= 0.6 is 11.3 Å². The number of benzene rings is 2. The molecule has 2 amide bonds. The van der Waals surface area contributed by atoms with Crippen LogP contribution in [-0.2, 0) is 4.79 Å². The number of nitro groups is 1. The van der Waals surface area contributed by atoms with Crippen molar-refractivity contribution in [2.24, 2.45) is 0 Å². The lowest BCUT2D eigenvalue weighted by Crippen LogP contribution is -2.20. The lowest BCUT2D eigenvalue weighted by molar-refractivity contribution is -0.384. The number of nitro benzene ring substituents is 1. The lowest BCUT2D eigenvalue weighted by Gasteiger charge is -2.05. The minimum atomic E-state index is -0.521. The molecule has 0 radical (unpaired) electrons. The first-order chi connectivity index (χ1) is 16.4. The molecule has 4 aromatic rings. The molecule has 34 heavy (non-hydrogen) atoms. The molecule has 0 aliphatic heterocycles. The van der Waals surface area contributed by atoms with Crippen molar-refractivity contribution in [1.82, 2.24) is 4.98 Å². The number of thiazole rings is 1.